The summed E-state index contributed by atoms with van der Waals surface area (Å²) in [6.07, 6.45) is -0.646. The number of carbonyl (C=O) groups is 2. The molecule has 0 fully saturated rings. The molecule has 1 aromatic rings. The highest BCUT2D eigenvalue weighted by atomic mass is 32.1. The van der Waals surface area contributed by atoms with E-state index in [9.17, 15) is 19.3 Å². The van der Waals surface area contributed by atoms with Gasteiger partial charge in [0.25, 0.3) is 0 Å². The lowest BCUT2D eigenvalue weighted by molar-refractivity contribution is -0.139. The van der Waals surface area contributed by atoms with E-state index in [-0.39, 0.29) is 6.42 Å². The molecule has 1 heterocycles. The van der Waals surface area contributed by atoms with Crippen LogP contribution in [0.4, 0.5) is 4.79 Å². The average Bonchev–Trinajstić information content (AvgIpc) is 2.73. The Morgan fingerprint density at radius 3 is 2.41 bits per heavy atom. The Balaban J connectivity index is 2.77. The minimum absolute atomic E-state index is 0.124. The van der Waals surface area contributed by atoms with Crippen LogP contribution >= 0.6 is 18.5 Å². The van der Waals surface area contributed by atoms with Gasteiger partial charge < -0.3 is 19.7 Å². The molecule has 0 aliphatic rings. The molecule has 6 nitrogen and oxygen atoms in total. The summed E-state index contributed by atoms with van der Waals surface area (Å²) in [5.41, 5.74) is -0.694. The SMILES string of the molecule is CC(C)(C)OC(=O)N[C@@H](Cc1cc(P(C)(C)=O)cs1)C(=O)O. The van der Waals surface area contributed by atoms with Gasteiger partial charge in [0.2, 0.25) is 0 Å². The summed E-state index contributed by atoms with van der Waals surface area (Å²) in [5.74, 6) is -1.14. The Morgan fingerprint density at radius 1 is 1.41 bits per heavy atom. The van der Waals surface area contributed by atoms with Crippen molar-refractivity contribution in [1.29, 1.82) is 0 Å². The van der Waals surface area contributed by atoms with Crippen molar-refractivity contribution < 1.29 is 24.0 Å². The molecule has 0 bridgehead atoms. The average molecular weight is 347 g/mol. The molecule has 0 aliphatic heterocycles. The first-order valence-corrected chi connectivity index (χ1v) is 10.2. The lowest BCUT2D eigenvalue weighted by Gasteiger charge is -2.21. The zero-order chi connectivity index (χ0) is 17.1. The van der Waals surface area contributed by atoms with Crippen molar-refractivity contribution in [2.45, 2.75) is 38.8 Å². The van der Waals surface area contributed by atoms with Crippen LogP contribution in [0, 0.1) is 0 Å². The Morgan fingerprint density at radius 2 is 2.00 bits per heavy atom. The lowest BCUT2D eigenvalue weighted by Crippen LogP contribution is -2.44. The second-order valence-corrected chi connectivity index (χ2v) is 10.6. The first-order chi connectivity index (χ1) is 9.88. The molecule has 0 saturated carbocycles. The van der Waals surface area contributed by atoms with E-state index in [0.29, 0.717) is 5.30 Å². The van der Waals surface area contributed by atoms with Crippen LogP contribution in [0.2, 0.25) is 0 Å². The van der Waals surface area contributed by atoms with Crippen LogP contribution in [0.25, 0.3) is 0 Å². The first-order valence-electron chi connectivity index (χ1n) is 6.74. The number of ether oxygens (including phenoxy) is 1. The molecule has 0 spiro atoms. The van der Waals surface area contributed by atoms with Gasteiger partial charge in [0.05, 0.1) is 0 Å². The summed E-state index contributed by atoms with van der Waals surface area (Å²) in [6.45, 7) is 8.43. The molecule has 22 heavy (non-hydrogen) atoms. The Hall–Kier alpha value is -1.33. The molecule has 0 radical (unpaired) electrons. The number of thiophene rings is 1. The molecular formula is C14H22NO5PS. The lowest BCUT2D eigenvalue weighted by atomic mass is 10.2. The van der Waals surface area contributed by atoms with Crippen LogP contribution in [0.3, 0.4) is 0 Å². The molecule has 0 saturated heterocycles. The smallest absolute Gasteiger partial charge is 0.408 e. The fraction of sp³-hybridized carbons (Fsp3) is 0.571. The topological polar surface area (TPSA) is 92.7 Å². The number of nitrogens with one attached hydrogen (secondary N) is 1. The second kappa shape index (κ2) is 6.84. The normalized spacial score (nSPS) is 13.5. The predicted molar refractivity (Wildman–Crippen MR) is 87.9 cm³/mol. The van der Waals surface area contributed by atoms with Crippen LogP contribution in [0.1, 0.15) is 25.6 Å². The number of rotatable bonds is 5. The van der Waals surface area contributed by atoms with Gasteiger partial charge in [0, 0.05) is 22.0 Å². The monoisotopic (exact) mass is 347 g/mol. The molecule has 1 atom stereocenters. The summed E-state index contributed by atoms with van der Waals surface area (Å²) < 4.78 is 17.0. The molecule has 0 unspecified atom stereocenters. The van der Waals surface area contributed by atoms with Gasteiger partial charge in [0.15, 0.2) is 0 Å². The van der Waals surface area contributed by atoms with E-state index in [1.54, 1.807) is 45.5 Å². The number of alkyl carbamates (subject to hydrolysis) is 1. The van der Waals surface area contributed by atoms with Crippen LogP contribution < -0.4 is 10.6 Å². The Kier molecular flexibility index (Phi) is 5.82. The third-order valence-corrected chi connectivity index (χ3v) is 5.29. The van der Waals surface area contributed by atoms with Crippen LogP contribution in [0.5, 0.6) is 0 Å². The molecule has 8 heteroatoms. The standard InChI is InChI=1S/C14H22NO5PS/c1-14(2,3)20-13(18)15-11(12(16)17)7-10-6-9(8-22-10)21(4,5)19/h6,8,11H,7H2,1-5H3,(H,15,18)(H,16,17)/t11-/m0/s1. The van der Waals surface area contributed by atoms with Gasteiger partial charge in [-0.2, -0.15) is 0 Å². The number of amides is 1. The summed E-state index contributed by atoms with van der Waals surface area (Å²) in [6, 6.07) is 0.646. The summed E-state index contributed by atoms with van der Waals surface area (Å²) >= 11 is 1.33. The Labute approximate surface area is 134 Å². The van der Waals surface area contributed by atoms with Crippen molar-refractivity contribution in [1.82, 2.24) is 5.32 Å². The van der Waals surface area contributed by atoms with Crippen molar-refractivity contribution in [3.05, 3.63) is 16.3 Å². The maximum absolute atomic E-state index is 12.0. The van der Waals surface area contributed by atoms with Gasteiger partial charge in [0.1, 0.15) is 18.8 Å². The number of hydrogen-bond donors (Lipinski definition) is 2. The highest BCUT2D eigenvalue weighted by molar-refractivity contribution is 7.70. The van der Waals surface area contributed by atoms with Gasteiger partial charge in [-0.05, 0) is 40.2 Å². The van der Waals surface area contributed by atoms with Gasteiger partial charge in [-0.1, -0.05) is 0 Å². The second-order valence-electron chi connectivity index (χ2n) is 6.36. The maximum atomic E-state index is 12.0. The summed E-state index contributed by atoms with van der Waals surface area (Å²) in [5, 5.41) is 14.1. The summed E-state index contributed by atoms with van der Waals surface area (Å²) in [7, 11) is -2.37. The fourth-order valence-electron chi connectivity index (χ4n) is 1.61. The number of carbonyl (C=O) groups excluding carboxylic acids is 1. The predicted octanol–water partition coefficient (Wildman–Crippen LogP) is 2.52. The zero-order valence-corrected chi connectivity index (χ0v) is 15.1. The number of aliphatic carboxylic acids is 1. The molecule has 1 rings (SSSR count). The van der Waals surface area contributed by atoms with Crippen molar-refractivity contribution in [3.8, 4) is 0 Å². The van der Waals surface area contributed by atoms with Gasteiger partial charge in [-0.25, -0.2) is 9.59 Å². The van der Waals surface area contributed by atoms with Gasteiger partial charge in [-0.3, -0.25) is 0 Å². The minimum atomic E-state index is -2.37. The number of hydrogen-bond acceptors (Lipinski definition) is 5. The molecule has 1 amide bonds. The third kappa shape index (κ3) is 6.20. The quantitative estimate of drug-likeness (QED) is 0.799. The van der Waals surface area contributed by atoms with Gasteiger partial charge >= 0.3 is 12.1 Å². The van der Waals surface area contributed by atoms with Crippen molar-refractivity contribution in [2.75, 3.05) is 13.3 Å². The van der Waals surface area contributed by atoms with Crippen LogP contribution in [-0.4, -0.2) is 42.1 Å². The zero-order valence-electron chi connectivity index (χ0n) is 13.4. The van der Waals surface area contributed by atoms with E-state index >= 15 is 0 Å². The molecule has 124 valence electrons. The largest absolute Gasteiger partial charge is 0.480 e. The van der Waals surface area contributed by atoms with E-state index in [2.05, 4.69) is 5.32 Å². The molecule has 1 aromatic heterocycles. The Bertz CT molecular complexity index is 599. The van der Waals surface area contributed by atoms with Crippen LogP contribution in [-0.2, 0) is 20.5 Å². The van der Waals surface area contributed by atoms with E-state index < -0.39 is 30.8 Å². The van der Waals surface area contributed by atoms with Crippen molar-refractivity contribution in [2.24, 2.45) is 0 Å². The molecule has 2 N–H and O–H groups in total. The number of carboxylic acids is 1. The van der Waals surface area contributed by atoms with Crippen molar-refractivity contribution >= 4 is 35.8 Å². The maximum Gasteiger partial charge on any atom is 0.408 e. The van der Waals surface area contributed by atoms with Crippen molar-refractivity contribution in [3.63, 3.8) is 0 Å². The first kappa shape index (κ1) is 18.7. The molecule has 0 aromatic carbocycles. The number of carboxylic acid groups (broad SMARTS) is 1. The summed E-state index contributed by atoms with van der Waals surface area (Å²) in [4.78, 5) is 23.7. The van der Waals surface area contributed by atoms with E-state index in [4.69, 9.17) is 4.74 Å². The molecular weight excluding hydrogens is 325 g/mol. The fourth-order valence-corrected chi connectivity index (χ4v) is 4.14. The third-order valence-electron chi connectivity index (χ3n) is 2.66. The highest BCUT2D eigenvalue weighted by Crippen LogP contribution is 2.36. The van der Waals surface area contributed by atoms with Gasteiger partial charge in [-0.15, -0.1) is 11.3 Å². The highest BCUT2D eigenvalue weighted by Gasteiger charge is 2.25. The minimum Gasteiger partial charge on any atom is -0.480 e. The molecule has 0 aliphatic carbocycles. The van der Waals surface area contributed by atoms with E-state index in [1.807, 2.05) is 0 Å². The van der Waals surface area contributed by atoms with E-state index in [0.717, 1.165) is 4.88 Å². The van der Waals surface area contributed by atoms with E-state index in [1.165, 1.54) is 11.3 Å². The van der Waals surface area contributed by atoms with Crippen LogP contribution in [0.15, 0.2) is 11.4 Å².